The van der Waals surface area contributed by atoms with E-state index in [-0.39, 0.29) is 0 Å². The van der Waals surface area contributed by atoms with Gasteiger partial charge in [0.15, 0.2) is 0 Å². The van der Waals surface area contributed by atoms with Gasteiger partial charge in [-0.05, 0) is 11.1 Å². The first-order valence-electron chi connectivity index (χ1n) is 7.78. The van der Waals surface area contributed by atoms with Crippen molar-refractivity contribution in [3.05, 3.63) is 115 Å². The molecule has 0 aliphatic rings. The smallest absolute Gasteiger partial charge is 0.140 e. The van der Waals surface area contributed by atoms with E-state index >= 15 is 0 Å². The van der Waals surface area contributed by atoms with Gasteiger partial charge in [0.2, 0.25) is 0 Å². The lowest BCUT2D eigenvalue weighted by molar-refractivity contribution is 0.497. The molecule has 4 heteroatoms. The number of hydrogen-bond acceptors (Lipinski definition) is 3. The average Bonchev–Trinajstić information content (AvgIpc) is 3.20. The lowest BCUT2D eigenvalue weighted by atomic mass is 9.80. The molecule has 116 valence electrons. The van der Waals surface area contributed by atoms with Gasteiger partial charge in [-0.2, -0.15) is 0 Å². The minimum Gasteiger partial charge on any atom is -0.317 e. The van der Waals surface area contributed by atoms with Crippen LogP contribution in [0.15, 0.2) is 98.0 Å². The van der Waals surface area contributed by atoms with Gasteiger partial charge in [-0.1, -0.05) is 60.7 Å². The Bertz CT molecular complexity index is 792. The maximum Gasteiger partial charge on any atom is 0.140 e. The van der Waals surface area contributed by atoms with E-state index in [0.29, 0.717) is 0 Å². The van der Waals surface area contributed by atoms with Gasteiger partial charge in [0, 0.05) is 24.8 Å². The first kappa shape index (κ1) is 14.3. The second-order valence-corrected chi connectivity index (χ2v) is 5.50. The highest BCUT2D eigenvalue weighted by molar-refractivity contribution is 5.47. The highest BCUT2D eigenvalue weighted by atomic mass is 15.1. The molecule has 4 rings (SSSR count). The molecule has 4 nitrogen and oxygen atoms in total. The molecule has 2 heterocycles. The van der Waals surface area contributed by atoms with Gasteiger partial charge in [-0.15, -0.1) is 0 Å². The Hall–Kier alpha value is -3.27. The molecule has 0 saturated carbocycles. The van der Waals surface area contributed by atoms with E-state index in [1.165, 1.54) is 0 Å². The highest BCUT2D eigenvalue weighted by Gasteiger charge is 2.39. The quantitative estimate of drug-likeness (QED) is 0.579. The van der Waals surface area contributed by atoms with Crippen LogP contribution in [0.25, 0.3) is 0 Å². The lowest BCUT2D eigenvalue weighted by Gasteiger charge is -2.35. The van der Waals surface area contributed by atoms with Crippen molar-refractivity contribution in [2.45, 2.75) is 5.54 Å². The Kier molecular flexibility index (Phi) is 3.63. The number of hydrogen-bond donors (Lipinski definition) is 0. The lowest BCUT2D eigenvalue weighted by Crippen LogP contribution is -2.37. The maximum absolute atomic E-state index is 4.65. The van der Waals surface area contributed by atoms with Crippen molar-refractivity contribution in [3.8, 4) is 0 Å². The summed E-state index contributed by atoms with van der Waals surface area (Å²) in [6.07, 6.45) is 10.8. The Morgan fingerprint density at radius 2 is 1.38 bits per heavy atom. The van der Waals surface area contributed by atoms with Crippen LogP contribution in [0.1, 0.15) is 16.8 Å². The number of aromatic nitrogens is 4. The van der Waals surface area contributed by atoms with Crippen LogP contribution in [0.3, 0.4) is 0 Å². The third-order valence-electron chi connectivity index (χ3n) is 4.21. The molecule has 2 aromatic heterocycles. The van der Waals surface area contributed by atoms with Gasteiger partial charge in [-0.3, -0.25) is 9.97 Å². The second kappa shape index (κ2) is 6.08. The number of imidazole rings is 1. The Morgan fingerprint density at radius 3 is 1.88 bits per heavy atom. The zero-order valence-corrected chi connectivity index (χ0v) is 13.0. The summed E-state index contributed by atoms with van der Waals surface area (Å²) in [6.45, 7) is 0. The van der Waals surface area contributed by atoms with E-state index < -0.39 is 5.54 Å². The summed E-state index contributed by atoms with van der Waals surface area (Å²) in [7, 11) is 0. The van der Waals surface area contributed by atoms with Crippen LogP contribution in [0.2, 0.25) is 0 Å². The average molecular weight is 312 g/mol. The SMILES string of the molecule is c1ccc(C(c2ccccc2)(c2cnccn2)n2ccnc2)cc1. The molecule has 0 atom stereocenters. The van der Waals surface area contributed by atoms with Crippen molar-refractivity contribution in [3.63, 3.8) is 0 Å². The van der Waals surface area contributed by atoms with Gasteiger partial charge in [0.25, 0.3) is 0 Å². The fourth-order valence-corrected chi connectivity index (χ4v) is 3.20. The molecule has 24 heavy (non-hydrogen) atoms. The van der Waals surface area contributed by atoms with E-state index in [2.05, 4.69) is 43.8 Å². The van der Waals surface area contributed by atoms with Crippen molar-refractivity contribution in [1.82, 2.24) is 19.5 Å². The molecule has 4 aromatic rings. The number of benzene rings is 2. The fourth-order valence-electron chi connectivity index (χ4n) is 3.20. The second-order valence-electron chi connectivity index (χ2n) is 5.50. The van der Waals surface area contributed by atoms with Crippen LogP contribution in [0.4, 0.5) is 0 Å². The fraction of sp³-hybridized carbons (Fsp3) is 0.0500. The monoisotopic (exact) mass is 312 g/mol. The minimum absolute atomic E-state index is 0.618. The maximum atomic E-state index is 4.65. The van der Waals surface area contributed by atoms with E-state index in [9.17, 15) is 0 Å². The predicted molar refractivity (Wildman–Crippen MR) is 92.4 cm³/mol. The Morgan fingerprint density at radius 1 is 0.708 bits per heavy atom. The van der Waals surface area contributed by atoms with Crippen LogP contribution < -0.4 is 0 Å². The molecule has 0 fully saturated rings. The van der Waals surface area contributed by atoms with Crippen LogP contribution >= 0.6 is 0 Å². The summed E-state index contributed by atoms with van der Waals surface area (Å²) in [6, 6.07) is 20.7. The normalized spacial score (nSPS) is 11.3. The molecule has 0 radical (unpaired) electrons. The van der Waals surface area contributed by atoms with E-state index in [4.69, 9.17) is 0 Å². The Labute approximate surface area is 140 Å². The van der Waals surface area contributed by atoms with Crippen molar-refractivity contribution >= 4 is 0 Å². The van der Waals surface area contributed by atoms with E-state index in [1.807, 2.05) is 55.1 Å². The summed E-state index contributed by atoms with van der Waals surface area (Å²) < 4.78 is 2.08. The van der Waals surface area contributed by atoms with E-state index in [0.717, 1.165) is 16.8 Å². The Balaban J connectivity index is 2.12. The van der Waals surface area contributed by atoms with E-state index in [1.54, 1.807) is 18.6 Å². The molecular weight excluding hydrogens is 296 g/mol. The van der Waals surface area contributed by atoms with Crippen molar-refractivity contribution in [2.75, 3.05) is 0 Å². The molecule has 0 bridgehead atoms. The van der Waals surface area contributed by atoms with Crippen molar-refractivity contribution in [1.29, 1.82) is 0 Å². The summed E-state index contributed by atoms with van der Waals surface area (Å²) in [5, 5.41) is 0. The zero-order chi connectivity index (χ0) is 16.2. The van der Waals surface area contributed by atoms with Crippen LogP contribution in [0, 0.1) is 0 Å². The molecule has 0 spiro atoms. The third kappa shape index (κ3) is 2.20. The number of nitrogens with zero attached hydrogens (tertiary/aromatic N) is 4. The highest BCUT2D eigenvalue weighted by Crippen LogP contribution is 2.39. The molecule has 0 aliphatic carbocycles. The summed E-state index contributed by atoms with van der Waals surface area (Å²) >= 11 is 0. The summed E-state index contributed by atoms with van der Waals surface area (Å²) in [5.74, 6) is 0. The van der Waals surface area contributed by atoms with Crippen molar-refractivity contribution < 1.29 is 0 Å². The van der Waals surface area contributed by atoms with Crippen LogP contribution in [0.5, 0.6) is 0 Å². The van der Waals surface area contributed by atoms with Gasteiger partial charge in [0.1, 0.15) is 5.54 Å². The minimum atomic E-state index is -0.618. The van der Waals surface area contributed by atoms with Crippen molar-refractivity contribution in [2.24, 2.45) is 0 Å². The molecule has 0 saturated heterocycles. The largest absolute Gasteiger partial charge is 0.317 e. The van der Waals surface area contributed by atoms with Crippen LogP contribution in [-0.2, 0) is 5.54 Å². The topological polar surface area (TPSA) is 43.6 Å². The molecule has 0 unspecified atom stereocenters. The van der Waals surface area contributed by atoms with Gasteiger partial charge >= 0.3 is 0 Å². The molecule has 2 aromatic carbocycles. The van der Waals surface area contributed by atoms with Gasteiger partial charge < -0.3 is 4.57 Å². The molecular formula is C20H16N4. The first-order chi connectivity index (χ1) is 11.9. The molecule has 0 amide bonds. The predicted octanol–water partition coefficient (Wildman–Crippen LogP) is 3.51. The first-order valence-corrected chi connectivity index (χ1v) is 7.78. The van der Waals surface area contributed by atoms with Gasteiger partial charge in [0.05, 0.1) is 18.2 Å². The zero-order valence-electron chi connectivity index (χ0n) is 13.0. The van der Waals surface area contributed by atoms with Crippen LogP contribution in [-0.4, -0.2) is 19.5 Å². The molecule has 0 aliphatic heterocycles. The standard InChI is InChI=1S/C20H16N4/c1-3-7-17(8-4-1)20(24-14-13-22-16-24,18-9-5-2-6-10-18)19-15-21-11-12-23-19/h1-16H. The third-order valence-corrected chi connectivity index (χ3v) is 4.21. The number of rotatable bonds is 4. The summed E-state index contributed by atoms with van der Waals surface area (Å²) in [5.41, 5.74) is 2.44. The summed E-state index contributed by atoms with van der Waals surface area (Å²) in [4.78, 5) is 13.2. The molecule has 0 N–H and O–H groups in total. The van der Waals surface area contributed by atoms with Gasteiger partial charge in [-0.25, -0.2) is 4.98 Å².